The number of amides is 2. The highest BCUT2D eigenvalue weighted by molar-refractivity contribution is 9.10. The van der Waals surface area contributed by atoms with E-state index in [9.17, 15) is 14.4 Å². The lowest BCUT2D eigenvalue weighted by Gasteiger charge is -2.37. The van der Waals surface area contributed by atoms with E-state index in [1.54, 1.807) is 0 Å². The third-order valence-electron chi connectivity index (χ3n) is 3.79. The molecular formula is C14H15BrFN7O3. The van der Waals surface area contributed by atoms with E-state index >= 15 is 0 Å². The summed E-state index contributed by atoms with van der Waals surface area (Å²) in [6.45, 7) is 1.60. The fraction of sp³-hybridized carbons (Fsp3) is 0.286. The van der Waals surface area contributed by atoms with Crippen LogP contribution in [0.1, 0.15) is 5.69 Å². The number of aromatic nitrogens is 2. The van der Waals surface area contributed by atoms with Crippen LogP contribution in [0.15, 0.2) is 32.3 Å². The van der Waals surface area contributed by atoms with Crippen LogP contribution in [0.25, 0.3) is 0 Å². The number of carbonyl (C=O) groups is 1. The molecule has 0 atom stereocenters. The average Bonchev–Trinajstić information content (AvgIpc) is 3.02. The first-order valence-corrected chi connectivity index (χ1v) is 8.32. The summed E-state index contributed by atoms with van der Waals surface area (Å²) in [5.74, 6) is 0.0182. The van der Waals surface area contributed by atoms with Gasteiger partial charge in [0, 0.05) is 25.6 Å². The van der Waals surface area contributed by atoms with Crippen LogP contribution in [-0.4, -0.2) is 51.9 Å². The molecule has 10 nitrogen and oxygen atoms in total. The second-order valence-electron chi connectivity index (χ2n) is 5.62. The Kier molecular flexibility index (Phi) is 5.32. The molecule has 0 unspecified atom stereocenters. The van der Waals surface area contributed by atoms with Crippen molar-refractivity contribution in [3.63, 3.8) is 0 Å². The number of amidine groups is 1. The first-order chi connectivity index (χ1) is 12.5. The van der Waals surface area contributed by atoms with Gasteiger partial charge in [-0.3, -0.25) is 10.7 Å². The van der Waals surface area contributed by atoms with Crippen LogP contribution in [0.4, 0.5) is 20.7 Å². The predicted octanol–water partition coefficient (Wildman–Crippen LogP) is 1.45. The SMILES string of the molecule is NC(=O)N1CC(CNc2nonc2C(=Nc2ccc(F)c(Br)c2)NO)C1. The van der Waals surface area contributed by atoms with E-state index in [1.165, 1.54) is 23.1 Å². The zero-order valence-corrected chi connectivity index (χ0v) is 14.9. The smallest absolute Gasteiger partial charge is 0.314 e. The van der Waals surface area contributed by atoms with E-state index in [-0.39, 0.29) is 27.7 Å². The Hall–Kier alpha value is -2.73. The van der Waals surface area contributed by atoms with E-state index in [4.69, 9.17) is 10.4 Å². The van der Waals surface area contributed by atoms with Crippen molar-refractivity contribution in [3.05, 3.63) is 34.2 Å². The lowest BCUT2D eigenvalue weighted by Crippen LogP contribution is -2.54. The number of likely N-dealkylation sites (tertiary alicyclic amines) is 1. The van der Waals surface area contributed by atoms with Crippen LogP contribution >= 0.6 is 15.9 Å². The Bertz CT molecular complexity index is 838. The van der Waals surface area contributed by atoms with Gasteiger partial charge in [-0.15, -0.1) is 0 Å². The van der Waals surface area contributed by atoms with Gasteiger partial charge in [-0.05, 0) is 44.4 Å². The Labute approximate surface area is 155 Å². The topological polar surface area (TPSA) is 142 Å². The molecule has 1 aromatic carbocycles. The number of halogens is 2. The summed E-state index contributed by atoms with van der Waals surface area (Å²) in [6, 6.07) is 3.67. The maximum atomic E-state index is 13.3. The van der Waals surface area contributed by atoms with Gasteiger partial charge in [0.2, 0.25) is 5.82 Å². The average molecular weight is 428 g/mol. The van der Waals surface area contributed by atoms with E-state index in [0.29, 0.717) is 25.3 Å². The van der Waals surface area contributed by atoms with Crippen LogP contribution in [0.5, 0.6) is 0 Å². The van der Waals surface area contributed by atoms with Gasteiger partial charge in [0.25, 0.3) is 0 Å². The fourth-order valence-corrected chi connectivity index (χ4v) is 2.76. The minimum absolute atomic E-state index is 0.0281. The number of aliphatic imine (C=N–C) groups is 1. The van der Waals surface area contributed by atoms with Gasteiger partial charge in [-0.25, -0.2) is 18.8 Å². The number of carbonyl (C=O) groups excluding carboxylic acids is 1. The Morgan fingerprint density at radius 2 is 2.27 bits per heavy atom. The molecule has 2 amide bonds. The molecular weight excluding hydrogens is 413 g/mol. The summed E-state index contributed by atoms with van der Waals surface area (Å²) in [5, 5.41) is 19.9. The number of rotatable bonds is 5. The number of hydrogen-bond donors (Lipinski definition) is 4. The number of primary amides is 1. The molecule has 2 aromatic rings. The molecule has 0 bridgehead atoms. The lowest BCUT2D eigenvalue weighted by molar-refractivity contribution is 0.134. The molecule has 0 aliphatic carbocycles. The van der Waals surface area contributed by atoms with Crippen LogP contribution in [0, 0.1) is 11.7 Å². The van der Waals surface area contributed by atoms with Gasteiger partial charge in [0.15, 0.2) is 11.5 Å². The summed E-state index contributed by atoms with van der Waals surface area (Å²) < 4.78 is 18.2. The maximum absolute atomic E-state index is 13.3. The molecule has 0 spiro atoms. The van der Waals surface area contributed by atoms with Crippen molar-refractivity contribution in [1.82, 2.24) is 20.7 Å². The largest absolute Gasteiger partial charge is 0.365 e. The summed E-state index contributed by atoms with van der Waals surface area (Å²) in [5.41, 5.74) is 7.64. The van der Waals surface area contributed by atoms with Crippen molar-refractivity contribution in [2.45, 2.75) is 0 Å². The second-order valence-corrected chi connectivity index (χ2v) is 6.48. The van der Waals surface area contributed by atoms with Gasteiger partial charge in [0.05, 0.1) is 10.2 Å². The molecule has 2 heterocycles. The molecule has 5 N–H and O–H groups in total. The molecule has 1 aliphatic rings. The van der Waals surface area contributed by atoms with E-state index in [1.807, 2.05) is 5.48 Å². The van der Waals surface area contributed by atoms with Gasteiger partial charge < -0.3 is 16.0 Å². The van der Waals surface area contributed by atoms with Crippen LogP contribution in [0.2, 0.25) is 0 Å². The molecule has 1 saturated heterocycles. The van der Waals surface area contributed by atoms with Crippen LogP contribution in [0.3, 0.4) is 0 Å². The van der Waals surface area contributed by atoms with Gasteiger partial charge in [0.1, 0.15) is 5.82 Å². The predicted molar refractivity (Wildman–Crippen MR) is 92.7 cm³/mol. The minimum atomic E-state index is -0.450. The van der Waals surface area contributed by atoms with Crippen molar-refractivity contribution in [2.24, 2.45) is 16.6 Å². The zero-order valence-electron chi connectivity index (χ0n) is 13.3. The Morgan fingerprint density at radius 3 is 2.92 bits per heavy atom. The summed E-state index contributed by atoms with van der Waals surface area (Å²) in [6.07, 6.45) is 0. The second kappa shape index (κ2) is 7.66. The lowest BCUT2D eigenvalue weighted by atomic mass is 10.0. The highest BCUT2D eigenvalue weighted by Crippen LogP contribution is 2.23. The standard InChI is InChI=1S/C14H15BrFN7O3/c15-9-3-8(1-2-10(9)16)19-13(20-25)11-12(22-26-21-11)18-4-7-5-23(6-7)14(17)24/h1-3,7,25H,4-6H2,(H2,17,24)(H,18,22)(H,19,20). The van der Waals surface area contributed by atoms with Gasteiger partial charge in [-0.2, -0.15) is 0 Å². The van der Waals surface area contributed by atoms with E-state index < -0.39 is 11.8 Å². The first kappa shape index (κ1) is 18.1. The van der Waals surface area contributed by atoms with E-state index in [2.05, 4.69) is 36.6 Å². The first-order valence-electron chi connectivity index (χ1n) is 7.53. The maximum Gasteiger partial charge on any atom is 0.314 e. The quantitative estimate of drug-likeness (QED) is 0.321. The Balaban J connectivity index is 1.70. The summed E-state index contributed by atoms with van der Waals surface area (Å²) in [4.78, 5) is 16.7. The monoisotopic (exact) mass is 427 g/mol. The third kappa shape index (κ3) is 3.91. The third-order valence-corrected chi connectivity index (χ3v) is 4.40. The fourth-order valence-electron chi connectivity index (χ4n) is 2.39. The van der Waals surface area contributed by atoms with Crippen molar-refractivity contribution in [1.29, 1.82) is 0 Å². The zero-order chi connectivity index (χ0) is 18.7. The molecule has 26 heavy (non-hydrogen) atoms. The normalized spacial score (nSPS) is 14.9. The van der Waals surface area contributed by atoms with Gasteiger partial charge in [-0.1, -0.05) is 0 Å². The number of nitrogens with one attached hydrogen (secondary N) is 2. The molecule has 0 saturated carbocycles. The summed E-state index contributed by atoms with van der Waals surface area (Å²) in [7, 11) is 0. The van der Waals surface area contributed by atoms with Crippen molar-refractivity contribution in [2.75, 3.05) is 25.0 Å². The number of benzene rings is 1. The number of urea groups is 1. The van der Waals surface area contributed by atoms with Crippen molar-refractivity contribution >= 4 is 39.3 Å². The number of nitrogens with two attached hydrogens (primary N) is 1. The molecule has 0 radical (unpaired) electrons. The van der Waals surface area contributed by atoms with Gasteiger partial charge >= 0.3 is 6.03 Å². The van der Waals surface area contributed by atoms with Crippen LogP contribution in [-0.2, 0) is 0 Å². The van der Waals surface area contributed by atoms with Crippen molar-refractivity contribution < 1.29 is 19.0 Å². The highest BCUT2D eigenvalue weighted by Gasteiger charge is 2.29. The Morgan fingerprint density at radius 1 is 1.50 bits per heavy atom. The minimum Gasteiger partial charge on any atom is -0.365 e. The molecule has 138 valence electrons. The van der Waals surface area contributed by atoms with Crippen molar-refractivity contribution in [3.8, 4) is 0 Å². The molecule has 3 rings (SSSR count). The number of hydrogen-bond acceptors (Lipinski definition) is 7. The highest BCUT2D eigenvalue weighted by atomic mass is 79.9. The summed E-state index contributed by atoms with van der Waals surface area (Å²) >= 11 is 3.07. The number of hydroxylamine groups is 1. The molecule has 1 fully saturated rings. The van der Waals surface area contributed by atoms with E-state index in [0.717, 1.165) is 0 Å². The molecule has 12 heteroatoms. The number of anilines is 1. The molecule has 1 aromatic heterocycles. The molecule has 1 aliphatic heterocycles. The van der Waals surface area contributed by atoms with Crippen LogP contribution < -0.4 is 16.5 Å². The number of nitrogens with zero attached hydrogens (tertiary/aromatic N) is 4.